The van der Waals surface area contributed by atoms with Gasteiger partial charge in [-0.15, -0.1) is 11.8 Å². The van der Waals surface area contributed by atoms with E-state index >= 15 is 0 Å². The van der Waals surface area contributed by atoms with Crippen LogP contribution in [0.5, 0.6) is 5.75 Å². The van der Waals surface area contributed by atoms with Gasteiger partial charge in [-0.3, -0.25) is 4.79 Å². The molecule has 0 saturated heterocycles. The molecule has 1 aromatic carbocycles. The highest BCUT2D eigenvalue weighted by molar-refractivity contribution is 7.98. The van der Waals surface area contributed by atoms with Gasteiger partial charge in [0.2, 0.25) is 0 Å². The Morgan fingerprint density at radius 3 is 2.62 bits per heavy atom. The molecule has 0 aromatic heterocycles. The predicted molar refractivity (Wildman–Crippen MR) is 54.9 cm³/mol. The largest absolute Gasteiger partial charge is 0.496 e. The number of aldehydes is 1. The molecule has 0 saturated carbocycles. The Bertz CT molecular complexity index is 321. The second-order valence-corrected chi connectivity index (χ2v) is 3.56. The van der Waals surface area contributed by atoms with Crippen LogP contribution in [0.25, 0.3) is 0 Å². The molecule has 0 radical (unpaired) electrons. The third-order valence-corrected chi connectivity index (χ3v) is 2.55. The number of aryl methyl sites for hydroxylation is 1. The van der Waals surface area contributed by atoms with Crippen molar-refractivity contribution in [2.24, 2.45) is 0 Å². The first-order valence-electron chi connectivity index (χ1n) is 3.90. The highest BCUT2D eigenvalue weighted by Gasteiger charge is 2.06. The number of rotatable bonds is 3. The number of carbonyl (C=O) groups is 1. The van der Waals surface area contributed by atoms with Crippen LogP contribution >= 0.6 is 11.8 Å². The maximum atomic E-state index is 10.7. The quantitative estimate of drug-likeness (QED) is 0.549. The number of carbonyl (C=O) groups excluding carboxylic acids is 1. The molecule has 70 valence electrons. The first-order chi connectivity index (χ1) is 6.22. The normalized spacial score (nSPS) is 9.77. The second-order valence-electron chi connectivity index (χ2n) is 2.68. The summed E-state index contributed by atoms with van der Waals surface area (Å²) in [6.07, 6.45) is 2.81. The van der Waals surface area contributed by atoms with E-state index in [2.05, 4.69) is 0 Å². The molecular weight excluding hydrogens is 184 g/mol. The first kappa shape index (κ1) is 10.1. The number of ether oxygens (including phenoxy) is 1. The van der Waals surface area contributed by atoms with Gasteiger partial charge in [0.15, 0.2) is 6.29 Å². The molecule has 3 heteroatoms. The van der Waals surface area contributed by atoms with E-state index in [4.69, 9.17) is 4.74 Å². The molecule has 13 heavy (non-hydrogen) atoms. The molecule has 1 rings (SSSR count). The van der Waals surface area contributed by atoms with Crippen molar-refractivity contribution in [2.75, 3.05) is 13.4 Å². The topological polar surface area (TPSA) is 26.3 Å². The Kier molecular flexibility index (Phi) is 3.37. The van der Waals surface area contributed by atoms with Crippen LogP contribution < -0.4 is 4.74 Å². The molecular formula is C10H12O2S. The van der Waals surface area contributed by atoms with Crippen molar-refractivity contribution in [3.8, 4) is 5.75 Å². The van der Waals surface area contributed by atoms with E-state index < -0.39 is 0 Å². The van der Waals surface area contributed by atoms with Gasteiger partial charge >= 0.3 is 0 Å². The molecule has 0 aliphatic heterocycles. The van der Waals surface area contributed by atoms with Crippen LogP contribution in [0.4, 0.5) is 0 Å². The van der Waals surface area contributed by atoms with Crippen molar-refractivity contribution >= 4 is 18.0 Å². The van der Waals surface area contributed by atoms with Gasteiger partial charge in [-0.1, -0.05) is 0 Å². The molecule has 0 aliphatic rings. The lowest BCUT2D eigenvalue weighted by Gasteiger charge is -2.08. The van der Waals surface area contributed by atoms with Crippen molar-refractivity contribution in [2.45, 2.75) is 11.8 Å². The van der Waals surface area contributed by atoms with Crippen LogP contribution in [0, 0.1) is 6.92 Å². The van der Waals surface area contributed by atoms with E-state index in [0.717, 1.165) is 16.7 Å². The summed E-state index contributed by atoms with van der Waals surface area (Å²) in [6, 6.07) is 3.85. The third kappa shape index (κ3) is 2.04. The van der Waals surface area contributed by atoms with Crippen LogP contribution in [-0.2, 0) is 0 Å². The SMILES string of the molecule is COc1c(C)cc(SC)cc1C=O. The van der Waals surface area contributed by atoms with Crippen LogP contribution in [0.3, 0.4) is 0 Å². The number of thioether (sulfide) groups is 1. The van der Waals surface area contributed by atoms with E-state index in [9.17, 15) is 4.79 Å². The smallest absolute Gasteiger partial charge is 0.153 e. The summed E-state index contributed by atoms with van der Waals surface area (Å²) in [7, 11) is 1.58. The molecule has 0 unspecified atom stereocenters. The van der Waals surface area contributed by atoms with Crippen molar-refractivity contribution in [1.82, 2.24) is 0 Å². The summed E-state index contributed by atoms with van der Waals surface area (Å²) in [4.78, 5) is 11.8. The average Bonchev–Trinajstić information content (AvgIpc) is 2.16. The van der Waals surface area contributed by atoms with Crippen LogP contribution in [-0.4, -0.2) is 19.7 Å². The summed E-state index contributed by atoms with van der Waals surface area (Å²) in [5, 5.41) is 0. The average molecular weight is 196 g/mol. The Labute approximate surface area is 82.3 Å². The Morgan fingerprint density at radius 2 is 2.15 bits per heavy atom. The molecule has 0 spiro atoms. The predicted octanol–water partition coefficient (Wildman–Crippen LogP) is 2.54. The first-order valence-corrected chi connectivity index (χ1v) is 5.13. The molecule has 2 nitrogen and oxygen atoms in total. The van der Waals surface area contributed by atoms with Gasteiger partial charge in [0.05, 0.1) is 12.7 Å². The van der Waals surface area contributed by atoms with E-state index in [-0.39, 0.29) is 0 Å². The highest BCUT2D eigenvalue weighted by Crippen LogP contribution is 2.27. The second kappa shape index (κ2) is 4.33. The Morgan fingerprint density at radius 1 is 1.46 bits per heavy atom. The van der Waals surface area contributed by atoms with Gasteiger partial charge in [0.1, 0.15) is 5.75 Å². The Balaban J connectivity index is 3.28. The van der Waals surface area contributed by atoms with Gasteiger partial charge in [-0.05, 0) is 30.9 Å². The molecule has 0 atom stereocenters. The minimum absolute atomic E-state index is 0.617. The van der Waals surface area contributed by atoms with Gasteiger partial charge in [-0.2, -0.15) is 0 Å². The lowest BCUT2D eigenvalue weighted by Crippen LogP contribution is -1.94. The summed E-state index contributed by atoms with van der Waals surface area (Å²) in [5.41, 5.74) is 1.61. The Hall–Kier alpha value is -0.960. The standard InChI is InChI=1S/C10H12O2S/c1-7-4-9(13-3)5-8(6-11)10(7)12-2/h4-6H,1-3H3. The van der Waals surface area contributed by atoms with Crippen molar-refractivity contribution < 1.29 is 9.53 Å². The maximum Gasteiger partial charge on any atom is 0.153 e. The van der Waals surface area contributed by atoms with E-state index in [0.29, 0.717) is 11.3 Å². The zero-order chi connectivity index (χ0) is 9.84. The monoisotopic (exact) mass is 196 g/mol. The number of methoxy groups -OCH3 is 1. The lowest BCUT2D eigenvalue weighted by molar-refractivity contribution is 0.112. The zero-order valence-electron chi connectivity index (χ0n) is 7.96. The molecule has 0 fully saturated rings. The fourth-order valence-corrected chi connectivity index (χ4v) is 1.79. The van der Waals surface area contributed by atoms with Gasteiger partial charge in [0.25, 0.3) is 0 Å². The van der Waals surface area contributed by atoms with E-state index in [1.54, 1.807) is 18.9 Å². The molecule has 0 aliphatic carbocycles. The fourth-order valence-electron chi connectivity index (χ4n) is 1.25. The van der Waals surface area contributed by atoms with Crippen LogP contribution in [0.2, 0.25) is 0 Å². The van der Waals surface area contributed by atoms with Crippen LogP contribution in [0.1, 0.15) is 15.9 Å². The van der Waals surface area contributed by atoms with E-state index in [1.807, 2.05) is 25.3 Å². The van der Waals surface area contributed by atoms with Crippen molar-refractivity contribution in [1.29, 1.82) is 0 Å². The molecule has 0 N–H and O–H groups in total. The molecule has 0 bridgehead atoms. The third-order valence-electron chi connectivity index (χ3n) is 1.84. The van der Waals surface area contributed by atoms with Gasteiger partial charge < -0.3 is 4.74 Å². The fraction of sp³-hybridized carbons (Fsp3) is 0.300. The maximum absolute atomic E-state index is 10.7. The van der Waals surface area contributed by atoms with Crippen molar-refractivity contribution in [3.05, 3.63) is 23.3 Å². The number of hydrogen-bond acceptors (Lipinski definition) is 3. The minimum Gasteiger partial charge on any atom is -0.496 e. The van der Waals surface area contributed by atoms with E-state index in [1.165, 1.54) is 0 Å². The van der Waals surface area contributed by atoms with Crippen LogP contribution in [0.15, 0.2) is 17.0 Å². The molecule has 0 heterocycles. The van der Waals surface area contributed by atoms with Gasteiger partial charge in [-0.25, -0.2) is 0 Å². The van der Waals surface area contributed by atoms with Gasteiger partial charge in [0, 0.05) is 4.90 Å². The summed E-state index contributed by atoms with van der Waals surface area (Å²) in [5.74, 6) is 0.674. The summed E-state index contributed by atoms with van der Waals surface area (Å²) < 4.78 is 5.13. The molecule has 0 amide bonds. The minimum atomic E-state index is 0.617. The number of hydrogen-bond donors (Lipinski definition) is 0. The highest BCUT2D eigenvalue weighted by atomic mass is 32.2. The summed E-state index contributed by atoms with van der Waals surface area (Å²) in [6.45, 7) is 1.94. The summed E-state index contributed by atoms with van der Waals surface area (Å²) >= 11 is 1.62. The van der Waals surface area contributed by atoms with Crippen molar-refractivity contribution in [3.63, 3.8) is 0 Å². The molecule has 1 aromatic rings. The lowest BCUT2D eigenvalue weighted by atomic mass is 10.1. The zero-order valence-corrected chi connectivity index (χ0v) is 8.77. The number of benzene rings is 1.